The van der Waals surface area contributed by atoms with Crippen molar-refractivity contribution in [1.29, 1.82) is 0 Å². The molecule has 0 atom stereocenters. The van der Waals surface area contributed by atoms with Crippen molar-refractivity contribution in [2.45, 2.75) is 6.04 Å². The van der Waals surface area contributed by atoms with Crippen molar-refractivity contribution >= 4 is 17.0 Å². The summed E-state index contributed by atoms with van der Waals surface area (Å²) in [6, 6.07) is 8.61. The molecule has 1 N–H and O–H groups in total. The molecule has 3 heterocycles. The number of nitrogens with zero attached hydrogens (tertiary/aromatic N) is 5. The normalized spacial score (nSPS) is 21.1. The van der Waals surface area contributed by atoms with Gasteiger partial charge in [-0.15, -0.1) is 10.2 Å². The van der Waals surface area contributed by atoms with Gasteiger partial charge in [0, 0.05) is 45.3 Å². The van der Waals surface area contributed by atoms with Gasteiger partial charge in [-0.2, -0.15) is 0 Å². The molecule has 0 aliphatic carbocycles. The van der Waals surface area contributed by atoms with Gasteiger partial charge in [0.15, 0.2) is 0 Å². The quantitative estimate of drug-likeness (QED) is 0.836. The number of benzene rings is 1. The second-order valence-corrected chi connectivity index (χ2v) is 5.44. The van der Waals surface area contributed by atoms with Crippen LogP contribution in [0.5, 0.6) is 0 Å². The molecule has 0 bridgehead atoms. The summed E-state index contributed by atoms with van der Waals surface area (Å²) in [5, 5.41) is 11.9. The zero-order valence-electron chi connectivity index (χ0n) is 11.4. The third-order valence-electron chi connectivity index (χ3n) is 4.22. The molecule has 4 rings (SSSR count). The number of hydrogen-bond donors (Lipinski definition) is 1. The Morgan fingerprint density at radius 3 is 2.40 bits per heavy atom. The first kappa shape index (κ1) is 12.0. The van der Waals surface area contributed by atoms with E-state index in [0.29, 0.717) is 0 Å². The monoisotopic (exact) mass is 270 g/mol. The van der Waals surface area contributed by atoms with Gasteiger partial charge in [-0.25, -0.2) is 4.98 Å². The van der Waals surface area contributed by atoms with E-state index in [1.54, 1.807) is 0 Å². The second-order valence-electron chi connectivity index (χ2n) is 5.44. The van der Waals surface area contributed by atoms with Gasteiger partial charge in [0.25, 0.3) is 0 Å². The highest BCUT2D eigenvalue weighted by Crippen LogP contribution is 2.16. The van der Waals surface area contributed by atoms with E-state index in [9.17, 15) is 0 Å². The molecule has 0 spiro atoms. The maximum atomic E-state index is 4.62. The van der Waals surface area contributed by atoms with Crippen LogP contribution in [-0.2, 0) is 0 Å². The average Bonchev–Trinajstić information content (AvgIpc) is 2.46. The summed E-state index contributed by atoms with van der Waals surface area (Å²) in [6.07, 6.45) is 0. The molecule has 6 nitrogen and oxygen atoms in total. The fourth-order valence-corrected chi connectivity index (χ4v) is 2.82. The molecule has 1 aromatic heterocycles. The Kier molecular flexibility index (Phi) is 2.97. The Labute approximate surface area is 117 Å². The first-order chi connectivity index (χ1) is 9.90. The molecule has 0 amide bonds. The Bertz CT molecular complexity index is 603. The predicted molar refractivity (Wildman–Crippen MR) is 77.8 cm³/mol. The fourth-order valence-electron chi connectivity index (χ4n) is 2.82. The largest absolute Gasteiger partial charge is 0.337 e. The number of aromatic nitrogens is 3. The van der Waals surface area contributed by atoms with E-state index in [1.807, 2.05) is 24.3 Å². The number of anilines is 1. The molecule has 20 heavy (non-hydrogen) atoms. The molecule has 2 aliphatic rings. The molecule has 2 aromatic rings. The van der Waals surface area contributed by atoms with Crippen molar-refractivity contribution in [1.82, 2.24) is 25.4 Å². The van der Waals surface area contributed by atoms with Crippen LogP contribution in [0.2, 0.25) is 0 Å². The first-order valence-electron chi connectivity index (χ1n) is 7.19. The van der Waals surface area contributed by atoms with Crippen LogP contribution in [0.4, 0.5) is 5.95 Å². The number of piperazine rings is 1. The Morgan fingerprint density at radius 2 is 1.70 bits per heavy atom. The maximum Gasteiger partial charge on any atom is 0.246 e. The third kappa shape index (κ3) is 2.10. The van der Waals surface area contributed by atoms with Crippen LogP contribution in [0.3, 0.4) is 0 Å². The summed E-state index contributed by atoms with van der Waals surface area (Å²) in [5.41, 5.74) is 1.78. The predicted octanol–water partition coefficient (Wildman–Crippen LogP) is 0.119. The van der Waals surface area contributed by atoms with Crippen LogP contribution in [0.25, 0.3) is 11.0 Å². The van der Waals surface area contributed by atoms with Gasteiger partial charge in [-0.3, -0.25) is 4.90 Å². The zero-order valence-corrected chi connectivity index (χ0v) is 11.4. The minimum Gasteiger partial charge on any atom is -0.337 e. The molecule has 104 valence electrons. The van der Waals surface area contributed by atoms with Crippen LogP contribution in [0.1, 0.15) is 0 Å². The molecule has 0 unspecified atom stereocenters. The molecule has 2 aliphatic heterocycles. The molecular formula is C14H18N6. The first-order valence-corrected chi connectivity index (χ1v) is 7.19. The van der Waals surface area contributed by atoms with Crippen molar-refractivity contribution in [2.75, 3.05) is 44.2 Å². The number of rotatable bonds is 2. The van der Waals surface area contributed by atoms with E-state index < -0.39 is 0 Å². The standard InChI is InChI=1S/C14H18N6/c1-2-4-13-12(3-1)16-14(18-17-13)20-7-5-19(6-8-20)11-9-15-10-11/h1-4,11,15H,5-10H2. The SMILES string of the molecule is c1ccc2nc(N3CCN(C4CNC4)CC3)nnc2c1. The molecule has 0 radical (unpaired) electrons. The van der Waals surface area contributed by atoms with Crippen LogP contribution in [0, 0.1) is 0 Å². The highest BCUT2D eigenvalue weighted by Gasteiger charge is 2.28. The topological polar surface area (TPSA) is 57.2 Å². The van der Waals surface area contributed by atoms with Crippen molar-refractivity contribution in [3.63, 3.8) is 0 Å². The van der Waals surface area contributed by atoms with E-state index >= 15 is 0 Å². The number of fused-ring (bicyclic) bond motifs is 1. The second kappa shape index (κ2) is 4.96. The molecule has 6 heteroatoms. The van der Waals surface area contributed by atoms with Crippen LogP contribution < -0.4 is 10.2 Å². The number of para-hydroxylation sites is 1. The minimum atomic E-state index is 0.729. The van der Waals surface area contributed by atoms with E-state index in [4.69, 9.17) is 0 Å². The molecular weight excluding hydrogens is 252 g/mol. The summed E-state index contributed by atoms with van der Waals surface area (Å²) in [7, 11) is 0. The van der Waals surface area contributed by atoms with Gasteiger partial charge >= 0.3 is 0 Å². The number of nitrogens with one attached hydrogen (secondary N) is 1. The van der Waals surface area contributed by atoms with Crippen LogP contribution in [-0.4, -0.2) is 65.4 Å². The molecule has 2 fully saturated rings. The van der Waals surface area contributed by atoms with E-state index in [0.717, 1.165) is 62.3 Å². The Morgan fingerprint density at radius 1 is 0.950 bits per heavy atom. The van der Waals surface area contributed by atoms with Gasteiger partial charge in [-0.1, -0.05) is 12.1 Å². The number of hydrogen-bond acceptors (Lipinski definition) is 6. The maximum absolute atomic E-state index is 4.62. The lowest BCUT2D eigenvalue weighted by atomic mass is 10.1. The molecule has 1 aromatic carbocycles. The smallest absolute Gasteiger partial charge is 0.246 e. The van der Waals surface area contributed by atoms with E-state index in [1.165, 1.54) is 0 Å². The van der Waals surface area contributed by atoms with Crippen molar-refractivity contribution in [3.8, 4) is 0 Å². The third-order valence-corrected chi connectivity index (χ3v) is 4.22. The summed E-state index contributed by atoms with van der Waals surface area (Å²) in [5.74, 6) is 0.759. The van der Waals surface area contributed by atoms with Gasteiger partial charge in [-0.05, 0) is 12.1 Å². The van der Waals surface area contributed by atoms with Gasteiger partial charge in [0.05, 0.1) is 5.52 Å². The van der Waals surface area contributed by atoms with Gasteiger partial charge < -0.3 is 10.2 Å². The lowest BCUT2D eigenvalue weighted by Gasteiger charge is -2.43. The summed E-state index contributed by atoms with van der Waals surface area (Å²) in [4.78, 5) is 9.42. The van der Waals surface area contributed by atoms with Gasteiger partial charge in [0.2, 0.25) is 5.95 Å². The Hall–Kier alpha value is -1.79. The summed E-state index contributed by atoms with van der Waals surface area (Å²) < 4.78 is 0. The molecule has 2 saturated heterocycles. The fraction of sp³-hybridized carbons (Fsp3) is 0.500. The van der Waals surface area contributed by atoms with Crippen LogP contribution in [0.15, 0.2) is 24.3 Å². The van der Waals surface area contributed by atoms with Crippen molar-refractivity contribution in [3.05, 3.63) is 24.3 Å². The Balaban J connectivity index is 1.49. The average molecular weight is 270 g/mol. The van der Waals surface area contributed by atoms with Crippen LogP contribution >= 0.6 is 0 Å². The minimum absolute atomic E-state index is 0.729. The summed E-state index contributed by atoms with van der Waals surface area (Å²) >= 11 is 0. The lowest BCUT2D eigenvalue weighted by molar-refractivity contribution is 0.137. The highest BCUT2D eigenvalue weighted by atomic mass is 15.4. The van der Waals surface area contributed by atoms with E-state index in [2.05, 4.69) is 30.3 Å². The van der Waals surface area contributed by atoms with E-state index in [-0.39, 0.29) is 0 Å². The zero-order chi connectivity index (χ0) is 13.4. The summed E-state index contributed by atoms with van der Waals surface area (Å²) in [6.45, 7) is 6.40. The lowest BCUT2D eigenvalue weighted by Crippen LogP contribution is -2.61. The highest BCUT2D eigenvalue weighted by molar-refractivity contribution is 5.74. The van der Waals surface area contributed by atoms with Crippen molar-refractivity contribution in [2.24, 2.45) is 0 Å². The molecule has 0 saturated carbocycles. The van der Waals surface area contributed by atoms with Gasteiger partial charge in [0.1, 0.15) is 5.52 Å². The van der Waals surface area contributed by atoms with Crippen molar-refractivity contribution < 1.29 is 0 Å².